The number of carbonyl (C=O) groups excluding carboxylic acids is 1. The Morgan fingerprint density at radius 2 is 1.78 bits per heavy atom. The van der Waals surface area contributed by atoms with E-state index in [1.54, 1.807) is 24.4 Å². The predicted molar refractivity (Wildman–Crippen MR) is 150 cm³/mol. The molecule has 0 bridgehead atoms. The summed E-state index contributed by atoms with van der Waals surface area (Å²) in [4.78, 5) is 31.0. The number of nitrogens with one attached hydrogen (secondary N) is 2. The lowest BCUT2D eigenvalue weighted by molar-refractivity contribution is -0.385. The van der Waals surface area contributed by atoms with Crippen LogP contribution < -0.4 is 24.8 Å². The van der Waals surface area contributed by atoms with Gasteiger partial charge < -0.3 is 24.8 Å². The molecule has 4 aromatic rings. The smallest absolute Gasteiger partial charge is 0.287 e. The molecule has 1 amide bonds. The summed E-state index contributed by atoms with van der Waals surface area (Å²) in [5, 5.41) is 16.9. The van der Waals surface area contributed by atoms with Crippen LogP contribution in [0.4, 0.5) is 11.4 Å². The van der Waals surface area contributed by atoms with Gasteiger partial charge in [0.05, 0.1) is 22.8 Å². The van der Waals surface area contributed by atoms with Crippen molar-refractivity contribution in [3.8, 4) is 29.0 Å². The number of amides is 1. The van der Waals surface area contributed by atoms with E-state index in [4.69, 9.17) is 14.2 Å². The van der Waals surface area contributed by atoms with Gasteiger partial charge in [0.1, 0.15) is 29.5 Å². The normalized spacial score (nSPS) is 17.7. The number of fused-ring (bicyclic) bond motifs is 1. The van der Waals surface area contributed by atoms with Gasteiger partial charge in [0, 0.05) is 18.2 Å². The average molecular weight is 554 g/mol. The van der Waals surface area contributed by atoms with Crippen LogP contribution in [0.3, 0.4) is 0 Å². The molecule has 208 valence electrons. The van der Waals surface area contributed by atoms with Crippen molar-refractivity contribution >= 4 is 17.3 Å². The summed E-state index contributed by atoms with van der Waals surface area (Å²) < 4.78 is 18.1. The Kier molecular flexibility index (Phi) is 7.42. The number of benzene rings is 2. The third-order valence-electron chi connectivity index (χ3n) is 6.96. The van der Waals surface area contributed by atoms with E-state index in [0.29, 0.717) is 23.1 Å². The standard InChI is InChI=1S/C30H27N5O6/c36-30(25-5-2-14-31-25)34-21-7-12-28(32-17-21)40-24-9-11-27-20(16-24)6-10-26(41-27)19-3-1-4-23(15-19)39-29-13-8-22(18-33-29)35(37)38/h1,3-4,7-9,11-13,15-18,25-26,31H,2,5-6,10,14H2,(H,34,36). The van der Waals surface area contributed by atoms with Gasteiger partial charge in [-0.05, 0) is 79.8 Å². The Morgan fingerprint density at radius 3 is 2.49 bits per heavy atom. The molecule has 2 unspecified atom stereocenters. The maximum atomic E-state index is 12.3. The van der Waals surface area contributed by atoms with Crippen LogP contribution in [0.1, 0.15) is 36.5 Å². The minimum atomic E-state index is -0.503. The number of ether oxygens (including phenoxy) is 3. The van der Waals surface area contributed by atoms with Crippen LogP contribution in [0.5, 0.6) is 29.0 Å². The van der Waals surface area contributed by atoms with Gasteiger partial charge >= 0.3 is 0 Å². The van der Waals surface area contributed by atoms with Gasteiger partial charge in [-0.3, -0.25) is 14.9 Å². The topological polar surface area (TPSA) is 138 Å². The zero-order valence-corrected chi connectivity index (χ0v) is 22.0. The van der Waals surface area contributed by atoms with Gasteiger partial charge in [0.2, 0.25) is 17.7 Å². The van der Waals surface area contributed by atoms with Crippen LogP contribution in [0, 0.1) is 10.1 Å². The van der Waals surface area contributed by atoms with E-state index >= 15 is 0 Å². The number of nitro groups is 1. The Bertz CT molecular complexity index is 1550. The molecule has 6 rings (SSSR count). The van der Waals surface area contributed by atoms with E-state index < -0.39 is 4.92 Å². The summed E-state index contributed by atoms with van der Waals surface area (Å²) in [5.74, 6) is 2.64. The summed E-state index contributed by atoms with van der Waals surface area (Å²) in [7, 11) is 0. The summed E-state index contributed by atoms with van der Waals surface area (Å²) in [5.41, 5.74) is 2.52. The zero-order valence-electron chi connectivity index (χ0n) is 22.0. The maximum absolute atomic E-state index is 12.3. The SMILES string of the molecule is O=C(Nc1ccc(Oc2ccc3c(c2)CCC(c2cccc(Oc4ccc([N+](=O)[O-])cn4)c2)O3)nc1)C1CCCN1. The second-order valence-electron chi connectivity index (χ2n) is 9.83. The minimum Gasteiger partial charge on any atom is -0.485 e. The first kappa shape index (κ1) is 26.2. The Labute approximate surface area is 235 Å². The molecule has 0 radical (unpaired) electrons. The molecular weight excluding hydrogens is 526 g/mol. The highest BCUT2D eigenvalue weighted by molar-refractivity contribution is 5.94. The largest absolute Gasteiger partial charge is 0.485 e. The van der Waals surface area contributed by atoms with Crippen molar-refractivity contribution in [2.24, 2.45) is 0 Å². The molecule has 0 saturated carbocycles. The third kappa shape index (κ3) is 6.25. The minimum absolute atomic E-state index is 0.0493. The summed E-state index contributed by atoms with van der Waals surface area (Å²) >= 11 is 0. The van der Waals surface area contributed by atoms with E-state index in [1.165, 1.54) is 18.3 Å². The number of nitrogens with zero attached hydrogens (tertiary/aromatic N) is 3. The molecule has 41 heavy (non-hydrogen) atoms. The molecule has 2 atom stereocenters. The number of anilines is 1. The molecule has 0 aliphatic carbocycles. The fourth-order valence-electron chi connectivity index (χ4n) is 4.88. The van der Waals surface area contributed by atoms with Gasteiger partial charge in [0.25, 0.3) is 5.69 Å². The average Bonchev–Trinajstić information content (AvgIpc) is 3.54. The molecule has 1 saturated heterocycles. The fourth-order valence-corrected chi connectivity index (χ4v) is 4.88. The number of hydrogen-bond acceptors (Lipinski definition) is 9. The second-order valence-corrected chi connectivity index (χ2v) is 9.83. The van der Waals surface area contributed by atoms with Crippen LogP contribution in [0.15, 0.2) is 79.1 Å². The van der Waals surface area contributed by atoms with Gasteiger partial charge in [-0.25, -0.2) is 9.97 Å². The van der Waals surface area contributed by atoms with Crippen LogP contribution in [-0.4, -0.2) is 33.4 Å². The molecule has 4 heterocycles. The van der Waals surface area contributed by atoms with Crippen molar-refractivity contribution in [3.63, 3.8) is 0 Å². The molecule has 2 N–H and O–H groups in total. The number of hydrogen-bond donors (Lipinski definition) is 2. The Hall–Kier alpha value is -5.03. The van der Waals surface area contributed by atoms with Crippen molar-refractivity contribution in [3.05, 3.63) is 100 Å². The van der Waals surface area contributed by atoms with Gasteiger partial charge in [-0.2, -0.15) is 0 Å². The molecular formula is C30H27N5O6. The second kappa shape index (κ2) is 11.6. The molecule has 2 aromatic carbocycles. The highest BCUT2D eigenvalue weighted by Crippen LogP contribution is 2.38. The molecule has 0 spiro atoms. The van der Waals surface area contributed by atoms with Crippen LogP contribution in [-0.2, 0) is 11.2 Å². The monoisotopic (exact) mass is 553 g/mol. The molecule has 1 fully saturated rings. The van der Waals surface area contributed by atoms with E-state index in [-0.39, 0.29) is 29.6 Å². The number of carbonyl (C=O) groups is 1. The van der Waals surface area contributed by atoms with E-state index in [2.05, 4.69) is 20.6 Å². The lowest BCUT2D eigenvalue weighted by Gasteiger charge is -2.27. The molecule has 11 heteroatoms. The highest BCUT2D eigenvalue weighted by atomic mass is 16.6. The first-order valence-electron chi connectivity index (χ1n) is 13.4. The van der Waals surface area contributed by atoms with Crippen molar-refractivity contribution in [1.82, 2.24) is 15.3 Å². The Balaban J connectivity index is 1.07. The third-order valence-corrected chi connectivity index (χ3v) is 6.96. The Morgan fingerprint density at radius 1 is 0.976 bits per heavy atom. The number of aromatic nitrogens is 2. The fraction of sp³-hybridized carbons (Fsp3) is 0.233. The van der Waals surface area contributed by atoms with Crippen LogP contribution in [0.2, 0.25) is 0 Å². The van der Waals surface area contributed by atoms with Gasteiger partial charge in [-0.15, -0.1) is 0 Å². The predicted octanol–water partition coefficient (Wildman–Crippen LogP) is 5.73. The first-order chi connectivity index (χ1) is 20.0. The summed E-state index contributed by atoms with van der Waals surface area (Å²) in [6.45, 7) is 0.863. The van der Waals surface area contributed by atoms with Crippen molar-refractivity contribution in [2.75, 3.05) is 11.9 Å². The van der Waals surface area contributed by atoms with Crippen molar-refractivity contribution < 1.29 is 23.9 Å². The maximum Gasteiger partial charge on any atom is 0.287 e. The van der Waals surface area contributed by atoms with Gasteiger partial charge in [-0.1, -0.05) is 12.1 Å². The number of pyridine rings is 2. The first-order valence-corrected chi connectivity index (χ1v) is 13.4. The number of aryl methyl sites for hydroxylation is 1. The molecule has 2 aliphatic rings. The van der Waals surface area contributed by atoms with E-state index in [0.717, 1.165) is 49.1 Å². The summed E-state index contributed by atoms with van der Waals surface area (Å²) in [6, 6.07) is 19.4. The summed E-state index contributed by atoms with van der Waals surface area (Å²) in [6.07, 6.45) is 5.99. The lowest BCUT2D eigenvalue weighted by atomic mass is 9.97. The molecule has 11 nitrogen and oxygen atoms in total. The van der Waals surface area contributed by atoms with Crippen molar-refractivity contribution in [2.45, 2.75) is 37.8 Å². The van der Waals surface area contributed by atoms with Crippen LogP contribution in [0.25, 0.3) is 0 Å². The number of rotatable bonds is 8. The quantitative estimate of drug-likeness (QED) is 0.207. The van der Waals surface area contributed by atoms with Gasteiger partial charge in [0.15, 0.2) is 0 Å². The molecule has 2 aliphatic heterocycles. The van der Waals surface area contributed by atoms with Crippen molar-refractivity contribution in [1.29, 1.82) is 0 Å². The molecule has 2 aromatic heterocycles. The van der Waals surface area contributed by atoms with E-state index in [1.807, 2.05) is 36.4 Å². The van der Waals surface area contributed by atoms with Crippen LogP contribution >= 0.6 is 0 Å². The lowest BCUT2D eigenvalue weighted by Crippen LogP contribution is -2.35. The van der Waals surface area contributed by atoms with E-state index in [9.17, 15) is 14.9 Å². The zero-order chi connectivity index (χ0) is 28.2. The highest BCUT2D eigenvalue weighted by Gasteiger charge is 2.23.